The smallest absolute Gasteiger partial charge is 0.229 e. The van der Waals surface area contributed by atoms with Crippen molar-refractivity contribution in [2.45, 2.75) is 26.7 Å². The van der Waals surface area contributed by atoms with Gasteiger partial charge in [-0.05, 0) is 36.2 Å². The summed E-state index contributed by atoms with van der Waals surface area (Å²) in [4.78, 5) is 38.0. The highest BCUT2D eigenvalue weighted by atomic mass is 16.2. The van der Waals surface area contributed by atoms with Crippen LogP contribution in [0.1, 0.15) is 25.8 Å². The van der Waals surface area contributed by atoms with Crippen molar-refractivity contribution in [1.29, 1.82) is 0 Å². The van der Waals surface area contributed by atoms with Gasteiger partial charge in [-0.15, -0.1) is 0 Å². The third-order valence-corrected chi connectivity index (χ3v) is 4.63. The fraction of sp³-hybridized carbons (Fsp3) is 0.286. The summed E-state index contributed by atoms with van der Waals surface area (Å²) in [5.74, 6) is -0.831. The number of carbonyl (C=O) groups excluding carboxylic acids is 3. The fourth-order valence-electron chi connectivity index (χ4n) is 3.27. The number of nitrogens with one attached hydrogen (secondary N) is 2. The molecule has 0 aromatic heterocycles. The maximum Gasteiger partial charge on any atom is 0.229 e. The number of benzene rings is 2. The van der Waals surface area contributed by atoms with E-state index in [0.717, 1.165) is 17.7 Å². The van der Waals surface area contributed by atoms with Crippen LogP contribution in [0.3, 0.4) is 0 Å². The first-order chi connectivity index (χ1) is 13.0. The van der Waals surface area contributed by atoms with Crippen LogP contribution < -0.4 is 15.5 Å². The van der Waals surface area contributed by atoms with Crippen molar-refractivity contribution in [2.75, 3.05) is 22.1 Å². The molecule has 1 heterocycles. The van der Waals surface area contributed by atoms with E-state index in [4.69, 9.17) is 0 Å². The number of aryl methyl sites for hydroxylation is 1. The summed E-state index contributed by atoms with van der Waals surface area (Å²) in [6.45, 7) is 3.79. The maximum absolute atomic E-state index is 12.7. The minimum absolute atomic E-state index is 0.0982. The molecule has 2 N–H and O–H groups in total. The summed E-state index contributed by atoms with van der Waals surface area (Å²) >= 11 is 0. The van der Waals surface area contributed by atoms with Gasteiger partial charge in [0.25, 0.3) is 0 Å². The second kappa shape index (κ2) is 8.03. The molecule has 2 aromatic carbocycles. The van der Waals surface area contributed by atoms with Crippen molar-refractivity contribution in [3.8, 4) is 0 Å². The SMILES string of the molecule is CCc1ccccc1NC(=O)[C@H]1CC(=O)N(c2cccc(NC(C)=O)c2)C1. The average molecular weight is 365 g/mol. The zero-order chi connectivity index (χ0) is 19.4. The van der Waals surface area contributed by atoms with E-state index in [1.165, 1.54) is 6.92 Å². The van der Waals surface area contributed by atoms with Gasteiger partial charge in [-0.25, -0.2) is 0 Å². The average Bonchev–Trinajstić information content (AvgIpc) is 3.04. The van der Waals surface area contributed by atoms with Gasteiger partial charge in [0.1, 0.15) is 0 Å². The number of rotatable bonds is 5. The van der Waals surface area contributed by atoms with E-state index in [1.807, 2.05) is 31.2 Å². The Hall–Kier alpha value is -3.15. The highest BCUT2D eigenvalue weighted by Gasteiger charge is 2.35. The summed E-state index contributed by atoms with van der Waals surface area (Å²) in [5, 5.41) is 5.67. The second-order valence-corrected chi connectivity index (χ2v) is 6.64. The van der Waals surface area contributed by atoms with Gasteiger partial charge in [0, 0.05) is 37.0 Å². The van der Waals surface area contributed by atoms with Crippen LogP contribution in [0.5, 0.6) is 0 Å². The predicted molar refractivity (Wildman–Crippen MR) is 106 cm³/mol. The van der Waals surface area contributed by atoms with E-state index in [0.29, 0.717) is 17.9 Å². The van der Waals surface area contributed by atoms with Crippen LogP contribution in [0, 0.1) is 5.92 Å². The lowest BCUT2D eigenvalue weighted by Crippen LogP contribution is -2.28. The Bertz CT molecular complexity index is 878. The number of anilines is 3. The van der Waals surface area contributed by atoms with Crippen LogP contribution >= 0.6 is 0 Å². The van der Waals surface area contributed by atoms with Crippen molar-refractivity contribution in [1.82, 2.24) is 0 Å². The van der Waals surface area contributed by atoms with E-state index < -0.39 is 5.92 Å². The molecule has 0 bridgehead atoms. The lowest BCUT2D eigenvalue weighted by atomic mass is 10.1. The summed E-state index contributed by atoms with van der Waals surface area (Å²) in [6, 6.07) is 14.8. The number of hydrogen-bond donors (Lipinski definition) is 2. The molecule has 140 valence electrons. The first kappa shape index (κ1) is 18.6. The molecular weight excluding hydrogens is 342 g/mol. The Morgan fingerprint density at radius 2 is 1.89 bits per heavy atom. The Morgan fingerprint density at radius 1 is 1.11 bits per heavy atom. The lowest BCUT2D eigenvalue weighted by molar-refractivity contribution is -0.122. The number of nitrogens with zero attached hydrogens (tertiary/aromatic N) is 1. The van der Waals surface area contributed by atoms with Crippen LogP contribution in [0.25, 0.3) is 0 Å². The van der Waals surface area contributed by atoms with Crippen molar-refractivity contribution in [3.05, 3.63) is 54.1 Å². The molecule has 3 rings (SSSR count). The third-order valence-electron chi connectivity index (χ3n) is 4.63. The lowest BCUT2D eigenvalue weighted by Gasteiger charge is -2.18. The van der Waals surface area contributed by atoms with Gasteiger partial charge in [-0.3, -0.25) is 14.4 Å². The third kappa shape index (κ3) is 4.34. The first-order valence-electron chi connectivity index (χ1n) is 9.04. The molecule has 0 aliphatic carbocycles. The molecule has 3 amide bonds. The quantitative estimate of drug-likeness (QED) is 0.854. The summed E-state index contributed by atoms with van der Waals surface area (Å²) in [7, 11) is 0. The van der Waals surface area contributed by atoms with Crippen molar-refractivity contribution >= 4 is 34.8 Å². The Balaban J connectivity index is 1.71. The molecule has 2 aromatic rings. The molecule has 1 fully saturated rings. The molecule has 0 saturated carbocycles. The number of para-hydroxylation sites is 1. The predicted octanol–water partition coefficient (Wildman–Crippen LogP) is 3.20. The van der Waals surface area contributed by atoms with Crippen LogP contribution in [0.2, 0.25) is 0 Å². The Labute approximate surface area is 158 Å². The second-order valence-electron chi connectivity index (χ2n) is 6.64. The molecule has 1 atom stereocenters. The van der Waals surface area contributed by atoms with Crippen LogP contribution in [0.15, 0.2) is 48.5 Å². The minimum Gasteiger partial charge on any atom is -0.326 e. The number of carbonyl (C=O) groups is 3. The van der Waals surface area contributed by atoms with E-state index in [-0.39, 0.29) is 24.1 Å². The highest BCUT2D eigenvalue weighted by molar-refractivity contribution is 6.04. The topological polar surface area (TPSA) is 78.5 Å². The van der Waals surface area contributed by atoms with Crippen LogP contribution in [-0.4, -0.2) is 24.3 Å². The molecule has 6 heteroatoms. The molecule has 1 aliphatic rings. The normalized spacial score (nSPS) is 16.3. The first-order valence-corrected chi connectivity index (χ1v) is 9.04. The standard InChI is InChI=1S/C21H23N3O3/c1-3-15-7-4-5-10-19(15)23-21(27)16-11-20(26)24(13-16)18-9-6-8-17(12-18)22-14(2)25/h4-10,12,16H,3,11,13H2,1-2H3,(H,22,25)(H,23,27)/t16-/m0/s1. The highest BCUT2D eigenvalue weighted by Crippen LogP contribution is 2.28. The van der Waals surface area contributed by atoms with Gasteiger partial charge >= 0.3 is 0 Å². The summed E-state index contributed by atoms with van der Waals surface area (Å²) in [5.41, 5.74) is 3.16. The van der Waals surface area contributed by atoms with E-state index >= 15 is 0 Å². The van der Waals surface area contributed by atoms with E-state index in [2.05, 4.69) is 10.6 Å². The van der Waals surface area contributed by atoms with Crippen molar-refractivity contribution < 1.29 is 14.4 Å². The molecule has 0 radical (unpaired) electrons. The van der Waals surface area contributed by atoms with Gasteiger partial charge in [0.2, 0.25) is 17.7 Å². The zero-order valence-electron chi connectivity index (χ0n) is 15.5. The van der Waals surface area contributed by atoms with Crippen molar-refractivity contribution in [2.24, 2.45) is 5.92 Å². The Morgan fingerprint density at radius 3 is 2.63 bits per heavy atom. The van der Waals surface area contributed by atoms with Gasteiger partial charge in [0.15, 0.2) is 0 Å². The van der Waals surface area contributed by atoms with Crippen molar-refractivity contribution in [3.63, 3.8) is 0 Å². The molecule has 1 aliphatic heterocycles. The Kier molecular flexibility index (Phi) is 5.54. The summed E-state index contributed by atoms with van der Waals surface area (Å²) in [6.07, 6.45) is 0.993. The molecule has 6 nitrogen and oxygen atoms in total. The minimum atomic E-state index is -0.410. The molecule has 1 saturated heterocycles. The molecular formula is C21H23N3O3. The largest absolute Gasteiger partial charge is 0.326 e. The number of hydrogen-bond acceptors (Lipinski definition) is 3. The van der Waals surface area contributed by atoms with E-state index in [9.17, 15) is 14.4 Å². The monoisotopic (exact) mass is 365 g/mol. The van der Waals surface area contributed by atoms with Crippen LogP contribution in [-0.2, 0) is 20.8 Å². The molecule has 27 heavy (non-hydrogen) atoms. The van der Waals surface area contributed by atoms with Gasteiger partial charge in [-0.1, -0.05) is 31.2 Å². The van der Waals surface area contributed by atoms with E-state index in [1.54, 1.807) is 29.2 Å². The zero-order valence-corrected chi connectivity index (χ0v) is 15.5. The van der Waals surface area contributed by atoms with Gasteiger partial charge in [0.05, 0.1) is 5.92 Å². The van der Waals surface area contributed by atoms with Crippen LogP contribution in [0.4, 0.5) is 17.1 Å². The van der Waals surface area contributed by atoms with Gasteiger partial charge in [-0.2, -0.15) is 0 Å². The fourth-order valence-corrected chi connectivity index (χ4v) is 3.27. The molecule has 0 spiro atoms. The van der Waals surface area contributed by atoms with Gasteiger partial charge < -0.3 is 15.5 Å². The maximum atomic E-state index is 12.7. The summed E-state index contributed by atoms with van der Waals surface area (Å²) < 4.78 is 0. The number of amides is 3. The molecule has 0 unspecified atom stereocenters.